The number of allylic oxidation sites excluding steroid dienone is 10. The van der Waals surface area contributed by atoms with Crippen LogP contribution in [0.5, 0.6) is 0 Å². The van der Waals surface area contributed by atoms with Crippen molar-refractivity contribution in [2.45, 2.75) is 180 Å². The molecule has 322 valence electrons. The lowest BCUT2D eigenvalue weighted by Crippen LogP contribution is -2.34. The van der Waals surface area contributed by atoms with Gasteiger partial charge in [0.25, 0.3) is 0 Å². The molecule has 11 nitrogen and oxygen atoms in total. The summed E-state index contributed by atoms with van der Waals surface area (Å²) < 4.78 is 32.6. The van der Waals surface area contributed by atoms with Crippen molar-refractivity contribution in [3.8, 4) is 0 Å². The van der Waals surface area contributed by atoms with E-state index in [0.717, 1.165) is 89.9 Å². The van der Waals surface area contributed by atoms with Crippen LogP contribution in [0.4, 0.5) is 0 Å². The summed E-state index contributed by atoms with van der Waals surface area (Å²) >= 11 is 0. The molecule has 56 heavy (non-hydrogen) atoms. The van der Waals surface area contributed by atoms with E-state index in [1.807, 2.05) is 0 Å². The van der Waals surface area contributed by atoms with Crippen LogP contribution < -0.4 is 5.73 Å². The average Bonchev–Trinajstić information content (AvgIpc) is 3.17. The maximum Gasteiger partial charge on any atom is 0.472 e. The Morgan fingerprint density at radius 2 is 0.946 bits per heavy atom. The molecule has 3 atom stereocenters. The van der Waals surface area contributed by atoms with Gasteiger partial charge in [-0.1, -0.05) is 132 Å². The minimum Gasteiger partial charge on any atom is -0.480 e. The highest BCUT2D eigenvalue weighted by Crippen LogP contribution is 2.43. The summed E-state index contributed by atoms with van der Waals surface area (Å²) in [6.45, 7) is 2.70. The van der Waals surface area contributed by atoms with Crippen LogP contribution in [0.1, 0.15) is 168 Å². The number of carboxylic acids is 1. The van der Waals surface area contributed by atoms with Crippen molar-refractivity contribution >= 4 is 25.7 Å². The van der Waals surface area contributed by atoms with Gasteiger partial charge in [-0.3, -0.25) is 23.4 Å². The summed E-state index contributed by atoms with van der Waals surface area (Å²) in [5.41, 5.74) is 5.33. The molecule has 3 unspecified atom stereocenters. The average molecular weight is 810 g/mol. The zero-order valence-electron chi connectivity index (χ0n) is 34.7. The van der Waals surface area contributed by atoms with Crippen LogP contribution in [-0.4, -0.2) is 59.9 Å². The SMILES string of the molecule is CCCCCC=CCC=CCC=CCCCCCCC(=O)OC(COC(=O)CCCCCCCC=CCC=CCCCCC)COP(=O)(O)OCC(N)C(=O)O. The molecular formula is C44H76NO10P. The highest BCUT2D eigenvalue weighted by Gasteiger charge is 2.28. The Balaban J connectivity index is 4.46. The molecule has 0 bridgehead atoms. The van der Waals surface area contributed by atoms with Crippen molar-refractivity contribution in [2.75, 3.05) is 19.8 Å². The van der Waals surface area contributed by atoms with E-state index < -0.39 is 51.1 Å². The molecular weight excluding hydrogens is 733 g/mol. The zero-order chi connectivity index (χ0) is 41.4. The summed E-state index contributed by atoms with van der Waals surface area (Å²) in [6, 6.07) is -1.53. The number of carbonyl (C=O) groups is 3. The van der Waals surface area contributed by atoms with Gasteiger partial charge in [0.15, 0.2) is 6.10 Å². The van der Waals surface area contributed by atoms with Gasteiger partial charge in [0.05, 0.1) is 13.2 Å². The van der Waals surface area contributed by atoms with Crippen LogP contribution in [-0.2, 0) is 37.5 Å². The van der Waals surface area contributed by atoms with Crippen LogP contribution in [0.3, 0.4) is 0 Å². The second-order valence-electron chi connectivity index (χ2n) is 14.1. The van der Waals surface area contributed by atoms with Crippen LogP contribution in [0.15, 0.2) is 60.8 Å². The summed E-state index contributed by atoms with van der Waals surface area (Å²) in [5.74, 6) is -2.43. The number of nitrogens with two attached hydrogens (primary N) is 1. The van der Waals surface area contributed by atoms with E-state index in [-0.39, 0.29) is 19.4 Å². The highest BCUT2D eigenvalue weighted by molar-refractivity contribution is 7.47. The Morgan fingerprint density at radius 1 is 0.554 bits per heavy atom. The number of hydrogen-bond acceptors (Lipinski definition) is 9. The number of hydrogen-bond donors (Lipinski definition) is 3. The molecule has 0 radical (unpaired) electrons. The van der Waals surface area contributed by atoms with Gasteiger partial charge in [-0.15, -0.1) is 0 Å². The van der Waals surface area contributed by atoms with Crippen LogP contribution in [0, 0.1) is 0 Å². The summed E-state index contributed by atoms with van der Waals surface area (Å²) in [6.07, 6.45) is 44.2. The fraction of sp³-hybridized carbons (Fsp3) is 0.705. The number of phosphoric ester groups is 1. The maximum absolute atomic E-state index is 12.6. The van der Waals surface area contributed by atoms with Gasteiger partial charge in [-0.05, 0) is 83.5 Å². The van der Waals surface area contributed by atoms with Gasteiger partial charge in [0.1, 0.15) is 12.6 Å². The van der Waals surface area contributed by atoms with Gasteiger partial charge < -0.3 is 25.2 Å². The molecule has 0 aromatic carbocycles. The van der Waals surface area contributed by atoms with Crippen LogP contribution >= 0.6 is 7.82 Å². The second kappa shape index (κ2) is 39.0. The van der Waals surface area contributed by atoms with E-state index in [4.69, 9.17) is 24.8 Å². The van der Waals surface area contributed by atoms with E-state index in [1.165, 1.54) is 38.5 Å². The normalized spacial score (nSPS) is 14.4. The molecule has 0 saturated carbocycles. The molecule has 0 aromatic heterocycles. The minimum absolute atomic E-state index is 0.130. The molecule has 0 heterocycles. The van der Waals surface area contributed by atoms with Crippen molar-refractivity contribution in [1.29, 1.82) is 0 Å². The first-order valence-electron chi connectivity index (χ1n) is 21.3. The first kappa shape index (κ1) is 53.2. The molecule has 0 spiro atoms. The van der Waals surface area contributed by atoms with Crippen molar-refractivity contribution in [2.24, 2.45) is 5.73 Å². The lowest BCUT2D eigenvalue weighted by atomic mass is 10.1. The number of unbranched alkanes of at least 4 members (excludes halogenated alkanes) is 15. The van der Waals surface area contributed by atoms with Crippen molar-refractivity contribution in [3.05, 3.63) is 60.8 Å². The number of rotatable bonds is 39. The van der Waals surface area contributed by atoms with Gasteiger partial charge in [-0.2, -0.15) is 0 Å². The first-order valence-corrected chi connectivity index (χ1v) is 22.8. The molecule has 0 aliphatic carbocycles. The van der Waals surface area contributed by atoms with E-state index in [1.54, 1.807) is 0 Å². The Kier molecular flexibility index (Phi) is 37.1. The van der Waals surface area contributed by atoms with E-state index in [9.17, 15) is 23.8 Å². The molecule has 4 N–H and O–H groups in total. The Morgan fingerprint density at radius 3 is 1.41 bits per heavy atom. The topological polar surface area (TPSA) is 172 Å². The van der Waals surface area contributed by atoms with Crippen molar-refractivity contribution < 1.29 is 47.5 Å². The lowest BCUT2D eigenvalue weighted by molar-refractivity contribution is -0.161. The van der Waals surface area contributed by atoms with E-state index >= 15 is 0 Å². The first-order chi connectivity index (χ1) is 27.1. The number of carbonyl (C=O) groups excluding carboxylic acids is 2. The number of carboxylic acid groups (broad SMARTS) is 1. The number of aliphatic carboxylic acids is 1. The summed E-state index contributed by atoms with van der Waals surface area (Å²) in [7, 11) is -4.73. The molecule has 0 aromatic rings. The van der Waals surface area contributed by atoms with Crippen LogP contribution in [0.2, 0.25) is 0 Å². The Labute approximate surface area is 338 Å². The molecule has 0 fully saturated rings. The van der Waals surface area contributed by atoms with E-state index in [2.05, 4.69) is 79.1 Å². The van der Waals surface area contributed by atoms with Crippen LogP contribution in [0.25, 0.3) is 0 Å². The highest BCUT2D eigenvalue weighted by atomic mass is 31.2. The van der Waals surface area contributed by atoms with Gasteiger partial charge in [0.2, 0.25) is 0 Å². The Hall–Kier alpha value is -2.82. The predicted octanol–water partition coefficient (Wildman–Crippen LogP) is 11.2. The largest absolute Gasteiger partial charge is 0.480 e. The summed E-state index contributed by atoms with van der Waals surface area (Å²) in [5, 5.41) is 8.88. The third kappa shape index (κ3) is 38.1. The summed E-state index contributed by atoms with van der Waals surface area (Å²) in [4.78, 5) is 45.9. The smallest absolute Gasteiger partial charge is 0.472 e. The standard InChI is InChI=1S/C44H76NO10P/c1-3-5-7-9-11-13-15-17-19-20-22-24-26-28-30-32-34-36-43(47)55-40(38-53-56(50,51)54-39-41(45)44(48)49)37-52-42(46)35-33-31-29-27-25-23-21-18-16-14-12-10-8-6-4-2/h11-14,17-19,21-22,24,40-41H,3-10,15-16,20,23,25-39,45H2,1-2H3,(H,48,49)(H,50,51). The van der Waals surface area contributed by atoms with Gasteiger partial charge in [0, 0.05) is 12.8 Å². The molecule has 0 saturated heterocycles. The number of ether oxygens (including phenoxy) is 2. The number of esters is 2. The van der Waals surface area contributed by atoms with Gasteiger partial charge >= 0.3 is 25.7 Å². The predicted molar refractivity (Wildman–Crippen MR) is 226 cm³/mol. The molecule has 0 aliphatic rings. The molecule has 0 rings (SSSR count). The second-order valence-corrected chi connectivity index (χ2v) is 15.6. The lowest BCUT2D eigenvalue weighted by Gasteiger charge is -2.20. The molecule has 0 aliphatic heterocycles. The van der Waals surface area contributed by atoms with E-state index in [0.29, 0.717) is 12.8 Å². The fourth-order valence-corrected chi connectivity index (χ4v) is 6.11. The molecule has 12 heteroatoms. The monoisotopic (exact) mass is 810 g/mol. The van der Waals surface area contributed by atoms with Crippen molar-refractivity contribution in [1.82, 2.24) is 0 Å². The minimum atomic E-state index is -4.73. The zero-order valence-corrected chi connectivity index (χ0v) is 35.6. The maximum atomic E-state index is 12.6. The van der Waals surface area contributed by atoms with Gasteiger partial charge in [-0.25, -0.2) is 4.57 Å². The Bertz CT molecular complexity index is 1180. The fourth-order valence-electron chi connectivity index (χ4n) is 5.34. The quantitative estimate of drug-likeness (QED) is 0.0233. The number of phosphoric acid groups is 1. The molecule has 0 amide bonds. The van der Waals surface area contributed by atoms with Crippen molar-refractivity contribution in [3.63, 3.8) is 0 Å². The third-order valence-corrected chi connectivity index (χ3v) is 9.69. The third-order valence-electron chi connectivity index (χ3n) is 8.74.